The molecule has 2 heterocycles. The number of likely N-dealkylation sites (tertiary alicyclic amines) is 1. The Hall–Kier alpha value is 0.270. The first kappa shape index (κ1) is 14.7. The fourth-order valence-corrected chi connectivity index (χ4v) is 4.19. The van der Waals surface area contributed by atoms with Gasteiger partial charge in [-0.05, 0) is 43.7 Å². The minimum absolute atomic E-state index is 0.495. The van der Waals surface area contributed by atoms with Crippen LogP contribution in [-0.4, -0.2) is 48.6 Å². The lowest BCUT2D eigenvalue weighted by Crippen LogP contribution is -2.46. The first-order valence-electron chi connectivity index (χ1n) is 7.59. The minimum atomic E-state index is 0.495. The van der Waals surface area contributed by atoms with Crippen molar-refractivity contribution in [2.24, 2.45) is 11.3 Å². The van der Waals surface area contributed by atoms with Gasteiger partial charge in [0.15, 0.2) is 0 Å². The van der Waals surface area contributed by atoms with Gasteiger partial charge in [0.2, 0.25) is 0 Å². The van der Waals surface area contributed by atoms with E-state index in [4.69, 9.17) is 0 Å². The zero-order valence-electron chi connectivity index (χ0n) is 12.4. The van der Waals surface area contributed by atoms with Crippen molar-refractivity contribution >= 4 is 11.8 Å². The maximum absolute atomic E-state index is 3.67. The maximum atomic E-state index is 3.67. The molecule has 0 radical (unpaired) electrons. The Morgan fingerprint density at radius 3 is 2.72 bits per heavy atom. The summed E-state index contributed by atoms with van der Waals surface area (Å²) in [6, 6.07) is 0.731. The summed E-state index contributed by atoms with van der Waals surface area (Å²) in [4.78, 5) is 2.70. The highest BCUT2D eigenvalue weighted by Crippen LogP contribution is 2.34. The zero-order valence-corrected chi connectivity index (χ0v) is 13.2. The molecule has 2 rings (SSSR count). The average Bonchev–Trinajstić information content (AvgIpc) is 2.55. The highest BCUT2D eigenvalue weighted by atomic mass is 32.2. The molecule has 0 amide bonds. The molecule has 18 heavy (non-hydrogen) atoms. The molecule has 2 saturated heterocycles. The van der Waals surface area contributed by atoms with E-state index < -0.39 is 0 Å². The smallest absolute Gasteiger partial charge is 0.0285 e. The lowest BCUT2D eigenvalue weighted by Gasteiger charge is -2.31. The molecule has 106 valence electrons. The fraction of sp³-hybridized carbons (Fsp3) is 1.00. The molecule has 2 atom stereocenters. The van der Waals surface area contributed by atoms with Crippen LogP contribution in [0.4, 0.5) is 0 Å². The number of hydrogen-bond acceptors (Lipinski definition) is 3. The van der Waals surface area contributed by atoms with Crippen molar-refractivity contribution in [2.45, 2.75) is 46.1 Å². The third-order valence-corrected chi connectivity index (χ3v) is 5.65. The molecule has 0 spiro atoms. The van der Waals surface area contributed by atoms with Crippen LogP contribution in [0.3, 0.4) is 0 Å². The minimum Gasteiger partial charge on any atom is -0.311 e. The summed E-state index contributed by atoms with van der Waals surface area (Å²) in [6.45, 7) is 12.3. The Morgan fingerprint density at radius 2 is 2.06 bits per heavy atom. The number of nitrogens with zero attached hydrogens (tertiary/aromatic N) is 1. The number of nitrogens with one attached hydrogen (secondary N) is 1. The van der Waals surface area contributed by atoms with Gasteiger partial charge in [-0.15, -0.1) is 0 Å². The van der Waals surface area contributed by atoms with Crippen molar-refractivity contribution in [2.75, 3.05) is 37.7 Å². The third kappa shape index (κ3) is 4.43. The van der Waals surface area contributed by atoms with Gasteiger partial charge in [0.25, 0.3) is 0 Å². The lowest BCUT2D eigenvalue weighted by molar-refractivity contribution is 0.204. The number of thioether (sulfide) groups is 1. The molecule has 0 aliphatic carbocycles. The second-order valence-corrected chi connectivity index (χ2v) is 8.17. The molecular weight excluding hydrogens is 240 g/mol. The van der Waals surface area contributed by atoms with Crippen molar-refractivity contribution in [3.63, 3.8) is 0 Å². The molecule has 2 aliphatic rings. The topological polar surface area (TPSA) is 15.3 Å². The van der Waals surface area contributed by atoms with E-state index in [1.54, 1.807) is 0 Å². The van der Waals surface area contributed by atoms with Gasteiger partial charge in [0.1, 0.15) is 0 Å². The average molecular weight is 270 g/mol. The quantitative estimate of drug-likeness (QED) is 0.830. The van der Waals surface area contributed by atoms with Gasteiger partial charge in [0, 0.05) is 30.6 Å². The fourth-order valence-electron chi connectivity index (χ4n) is 3.25. The van der Waals surface area contributed by atoms with Crippen molar-refractivity contribution in [3.05, 3.63) is 0 Å². The second-order valence-electron chi connectivity index (χ2n) is 7.02. The first-order valence-corrected chi connectivity index (χ1v) is 8.74. The largest absolute Gasteiger partial charge is 0.311 e. The zero-order chi connectivity index (χ0) is 13.0. The summed E-state index contributed by atoms with van der Waals surface area (Å²) >= 11 is 2.11. The molecule has 1 N–H and O–H groups in total. The van der Waals surface area contributed by atoms with Crippen LogP contribution in [0.15, 0.2) is 0 Å². The molecule has 2 fully saturated rings. The highest BCUT2D eigenvalue weighted by Gasteiger charge is 2.27. The van der Waals surface area contributed by atoms with Gasteiger partial charge < -0.3 is 10.2 Å². The summed E-state index contributed by atoms with van der Waals surface area (Å²) < 4.78 is 0. The van der Waals surface area contributed by atoms with Crippen LogP contribution in [0.5, 0.6) is 0 Å². The van der Waals surface area contributed by atoms with E-state index >= 15 is 0 Å². The van der Waals surface area contributed by atoms with E-state index in [1.807, 2.05) is 0 Å². The number of hydrogen-bond donors (Lipinski definition) is 1. The molecule has 3 heteroatoms. The molecule has 0 aromatic heterocycles. The standard InChI is InChI=1S/C15H30N2S/c1-15(2,3)13-5-4-8-17(9-6-13)11-14-12-18-10-7-16-14/h13-14,16H,4-12H2,1-3H3. The first-order chi connectivity index (χ1) is 8.55. The van der Waals surface area contributed by atoms with Crippen LogP contribution in [0.25, 0.3) is 0 Å². The van der Waals surface area contributed by atoms with E-state index in [1.165, 1.54) is 56.9 Å². The van der Waals surface area contributed by atoms with Crippen LogP contribution in [0.1, 0.15) is 40.0 Å². The van der Waals surface area contributed by atoms with Gasteiger partial charge in [-0.25, -0.2) is 0 Å². The Labute approximate surface area is 117 Å². The summed E-state index contributed by atoms with van der Waals surface area (Å²) in [5.74, 6) is 3.51. The van der Waals surface area contributed by atoms with Gasteiger partial charge in [0.05, 0.1) is 0 Å². The van der Waals surface area contributed by atoms with Crippen LogP contribution < -0.4 is 5.32 Å². The molecule has 2 unspecified atom stereocenters. The Bertz CT molecular complexity index is 243. The van der Waals surface area contributed by atoms with Crippen LogP contribution in [-0.2, 0) is 0 Å². The van der Waals surface area contributed by atoms with Gasteiger partial charge in [-0.3, -0.25) is 0 Å². The van der Waals surface area contributed by atoms with Gasteiger partial charge in [-0.2, -0.15) is 11.8 Å². The Morgan fingerprint density at radius 1 is 1.22 bits per heavy atom. The number of rotatable bonds is 2. The molecule has 2 aliphatic heterocycles. The maximum Gasteiger partial charge on any atom is 0.0285 e. The highest BCUT2D eigenvalue weighted by molar-refractivity contribution is 7.99. The molecular formula is C15H30N2S. The normalized spacial score (nSPS) is 32.2. The van der Waals surface area contributed by atoms with Crippen molar-refractivity contribution in [1.29, 1.82) is 0 Å². The molecule has 0 aromatic carbocycles. The summed E-state index contributed by atoms with van der Waals surface area (Å²) in [5, 5.41) is 3.67. The van der Waals surface area contributed by atoms with E-state index in [-0.39, 0.29) is 0 Å². The van der Waals surface area contributed by atoms with E-state index in [9.17, 15) is 0 Å². The van der Waals surface area contributed by atoms with Crippen LogP contribution >= 0.6 is 11.8 Å². The predicted molar refractivity (Wildman–Crippen MR) is 82.4 cm³/mol. The molecule has 0 aromatic rings. The van der Waals surface area contributed by atoms with E-state index in [0.29, 0.717) is 5.41 Å². The van der Waals surface area contributed by atoms with Crippen LogP contribution in [0.2, 0.25) is 0 Å². The molecule has 0 bridgehead atoms. The van der Waals surface area contributed by atoms with Crippen molar-refractivity contribution in [3.8, 4) is 0 Å². The second kappa shape index (κ2) is 6.62. The predicted octanol–water partition coefficient (Wildman–Crippen LogP) is 2.84. The van der Waals surface area contributed by atoms with Gasteiger partial charge in [-0.1, -0.05) is 20.8 Å². The summed E-state index contributed by atoms with van der Waals surface area (Å²) in [7, 11) is 0. The molecule has 0 saturated carbocycles. The third-order valence-electron chi connectivity index (χ3n) is 4.52. The van der Waals surface area contributed by atoms with Crippen molar-refractivity contribution in [1.82, 2.24) is 10.2 Å². The molecule has 2 nitrogen and oxygen atoms in total. The van der Waals surface area contributed by atoms with E-state index in [2.05, 4.69) is 42.7 Å². The Balaban J connectivity index is 1.78. The van der Waals surface area contributed by atoms with E-state index in [0.717, 1.165) is 12.0 Å². The van der Waals surface area contributed by atoms with Crippen LogP contribution in [0, 0.1) is 11.3 Å². The SMILES string of the molecule is CC(C)(C)C1CCCN(CC2CSCCN2)CC1. The van der Waals surface area contributed by atoms with Crippen molar-refractivity contribution < 1.29 is 0 Å². The monoisotopic (exact) mass is 270 g/mol. The summed E-state index contributed by atoms with van der Waals surface area (Å²) in [5.41, 5.74) is 0.495. The summed E-state index contributed by atoms with van der Waals surface area (Å²) in [6.07, 6.45) is 4.21. The van der Waals surface area contributed by atoms with Gasteiger partial charge >= 0.3 is 0 Å². The lowest BCUT2D eigenvalue weighted by atomic mass is 9.77. The Kier molecular flexibility index (Phi) is 5.40.